The fraction of sp³-hybridized carbons (Fsp3) is 0.231. The zero-order valence-corrected chi connectivity index (χ0v) is 21.7. The lowest BCUT2D eigenvalue weighted by molar-refractivity contribution is -0.137. The van der Waals surface area contributed by atoms with Gasteiger partial charge in [-0.05, 0) is 42.5 Å². The largest absolute Gasteiger partial charge is 0.444 e. The molecule has 1 N–H and O–H groups in total. The summed E-state index contributed by atoms with van der Waals surface area (Å²) in [6.07, 6.45) is -6.43. The van der Waals surface area contributed by atoms with E-state index in [-0.39, 0.29) is 47.3 Å². The van der Waals surface area contributed by atoms with Crippen LogP contribution in [0.4, 0.5) is 18.9 Å². The van der Waals surface area contributed by atoms with Crippen molar-refractivity contribution in [1.82, 2.24) is 4.31 Å². The number of rotatable bonds is 7. The summed E-state index contributed by atoms with van der Waals surface area (Å²) in [7, 11) is -3.80. The van der Waals surface area contributed by atoms with Gasteiger partial charge in [0.1, 0.15) is 0 Å². The Morgan fingerprint density at radius 2 is 1.62 bits per heavy atom. The number of nitrogens with one attached hydrogen (secondary N) is 1. The molecule has 1 atom stereocenters. The third kappa shape index (κ3) is 6.77. The molecule has 0 aliphatic carbocycles. The van der Waals surface area contributed by atoms with Crippen molar-refractivity contribution in [2.24, 2.45) is 0 Å². The maximum absolute atomic E-state index is 13.5. The monoisotopic (exact) mass is 582 g/mol. The van der Waals surface area contributed by atoms with Gasteiger partial charge in [0.25, 0.3) is 5.91 Å². The first-order valence-electron chi connectivity index (χ1n) is 11.6. The van der Waals surface area contributed by atoms with E-state index in [1.54, 1.807) is 18.2 Å². The van der Waals surface area contributed by atoms with Crippen molar-refractivity contribution in [3.8, 4) is 0 Å². The first kappa shape index (κ1) is 28.6. The van der Waals surface area contributed by atoms with Crippen molar-refractivity contribution < 1.29 is 40.7 Å². The highest BCUT2D eigenvalue weighted by Gasteiger charge is 2.35. The van der Waals surface area contributed by atoms with Crippen LogP contribution in [0.25, 0.3) is 0 Å². The van der Waals surface area contributed by atoms with Gasteiger partial charge in [-0.1, -0.05) is 41.9 Å². The second-order valence-corrected chi connectivity index (χ2v) is 10.8. The molecule has 4 rings (SSSR count). The van der Waals surface area contributed by atoms with E-state index in [2.05, 4.69) is 5.32 Å². The summed E-state index contributed by atoms with van der Waals surface area (Å²) in [5.74, 6) is -2.02. The zero-order chi connectivity index (χ0) is 28.2. The van der Waals surface area contributed by atoms with E-state index in [1.807, 2.05) is 0 Å². The Bertz CT molecular complexity index is 1440. The van der Waals surface area contributed by atoms with Gasteiger partial charge in [-0.15, -0.1) is 0 Å². The zero-order valence-electron chi connectivity index (χ0n) is 20.2. The number of anilines is 1. The molecule has 13 heteroatoms. The maximum Gasteiger partial charge on any atom is 0.418 e. The topological polar surface area (TPSA) is 102 Å². The minimum Gasteiger partial charge on any atom is -0.444 e. The number of carbonyl (C=O) groups excluding carboxylic acids is 2. The SMILES string of the molecule is O=C(OC(C(=O)Nc1ccc(Cl)cc1C(F)(F)F)c1ccccc1)c1ccc(S(=O)(=O)N2CCOCC2)cc1. The molecule has 3 aromatic carbocycles. The molecular weight excluding hydrogens is 561 g/mol. The maximum atomic E-state index is 13.5. The van der Waals surface area contributed by atoms with Gasteiger partial charge in [-0.3, -0.25) is 4.79 Å². The van der Waals surface area contributed by atoms with E-state index >= 15 is 0 Å². The number of hydrogen-bond donors (Lipinski definition) is 1. The highest BCUT2D eigenvalue weighted by atomic mass is 35.5. The predicted octanol–water partition coefficient (Wildman–Crippen LogP) is 4.92. The molecule has 0 bridgehead atoms. The Morgan fingerprint density at radius 3 is 2.23 bits per heavy atom. The standard InChI is InChI=1S/C26H22ClF3N2O6S/c27-19-8-11-22(21(16-19)26(28,29)30)31-24(33)23(17-4-2-1-3-5-17)38-25(34)18-6-9-20(10-7-18)39(35,36)32-12-14-37-15-13-32/h1-11,16,23H,12-15H2,(H,31,33). The summed E-state index contributed by atoms with van der Waals surface area (Å²) in [6.45, 7) is 0.938. The van der Waals surface area contributed by atoms with Crippen molar-refractivity contribution in [3.05, 3.63) is 94.5 Å². The smallest absolute Gasteiger partial charge is 0.418 e. The number of carbonyl (C=O) groups is 2. The number of halogens is 4. The lowest BCUT2D eigenvalue weighted by atomic mass is 10.1. The Labute approximate surface area is 227 Å². The highest BCUT2D eigenvalue weighted by Crippen LogP contribution is 2.37. The van der Waals surface area contributed by atoms with Crippen LogP contribution in [0.15, 0.2) is 77.7 Å². The number of alkyl halides is 3. The third-order valence-corrected chi connectivity index (χ3v) is 7.96. The molecule has 1 aliphatic heterocycles. The Kier molecular flexibility index (Phi) is 8.60. The molecule has 1 amide bonds. The minimum absolute atomic E-state index is 0.0410. The van der Waals surface area contributed by atoms with Gasteiger partial charge in [-0.2, -0.15) is 17.5 Å². The average Bonchev–Trinajstić information content (AvgIpc) is 2.93. The number of morpholine rings is 1. The number of esters is 1. The van der Waals surface area contributed by atoms with Gasteiger partial charge in [0, 0.05) is 23.7 Å². The van der Waals surface area contributed by atoms with Gasteiger partial charge in [0.05, 0.1) is 34.9 Å². The minimum atomic E-state index is -4.81. The van der Waals surface area contributed by atoms with E-state index in [0.29, 0.717) is 6.07 Å². The first-order valence-corrected chi connectivity index (χ1v) is 13.4. The number of ether oxygens (including phenoxy) is 2. The molecular formula is C26H22ClF3N2O6S. The summed E-state index contributed by atoms with van der Waals surface area (Å²) in [5, 5.41) is 2.00. The number of sulfonamides is 1. The van der Waals surface area contributed by atoms with Crippen molar-refractivity contribution in [2.45, 2.75) is 17.2 Å². The average molecular weight is 583 g/mol. The Morgan fingerprint density at radius 1 is 0.974 bits per heavy atom. The van der Waals surface area contributed by atoms with Crippen molar-refractivity contribution >= 4 is 39.2 Å². The number of benzene rings is 3. The molecule has 0 saturated carbocycles. The second kappa shape index (κ2) is 11.7. The summed E-state index contributed by atoms with van der Waals surface area (Å²) < 4.78 is 78.1. The first-order chi connectivity index (χ1) is 18.5. The van der Waals surface area contributed by atoms with Crippen LogP contribution in [-0.4, -0.2) is 50.9 Å². The summed E-state index contributed by atoms with van der Waals surface area (Å²) >= 11 is 5.71. The van der Waals surface area contributed by atoms with E-state index in [1.165, 1.54) is 46.8 Å². The molecule has 0 aromatic heterocycles. The van der Waals surface area contributed by atoms with Crippen molar-refractivity contribution in [2.75, 3.05) is 31.6 Å². The van der Waals surface area contributed by atoms with Crippen LogP contribution in [0.3, 0.4) is 0 Å². The Balaban J connectivity index is 1.56. The van der Waals surface area contributed by atoms with Crippen LogP contribution in [-0.2, 0) is 30.5 Å². The van der Waals surface area contributed by atoms with E-state index in [9.17, 15) is 31.2 Å². The van der Waals surface area contributed by atoms with Crippen LogP contribution in [0.1, 0.15) is 27.6 Å². The number of amides is 1. The normalized spacial score (nSPS) is 15.4. The fourth-order valence-corrected chi connectivity index (χ4v) is 5.41. The summed E-state index contributed by atoms with van der Waals surface area (Å²) in [5.41, 5.74) is -1.59. The highest BCUT2D eigenvalue weighted by molar-refractivity contribution is 7.89. The lowest BCUT2D eigenvalue weighted by Gasteiger charge is -2.26. The van der Waals surface area contributed by atoms with Crippen molar-refractivity contribution in [1.29, 1.82) is 0 Å². The quantitative estimate of drug-likeness (QED) is 0.397. The van der Waals surface area contributed by atoms with Gasteiger partial charge < -0.3 is 14.8 Å². The summed E-state index contributed by atoms with van der Waals surface area (Å²) in [6, 6.07) is 15.5. The molecule has 1 fully saturated rings. The summed E-state index contributed by atoms with van der Waals surface area (Å²) in [4.78, 5) is 26.0. The number of nitrogens with zero attached hydrogens (tertiary/aromatic N) is 1. The van der Waals surface area contributed by atoms with Gasteiger partial charge in [0.2, 0.25) is 16.1 Å². The number of hydrogen-bond acceptors (Lipinski definition) is 6. The molecule has 1 unspecified atom stereocenters. The van der Waals surface area contributed by atoms with Gasteiger partial charge in [-0.25, -0.2) is 13.2 Å². The molecule has 1 heterocycles. The van der Waals surface area contributed by atoms with Crippen LogP contribution in [0.5, 0.6) is 0 Å². The van der Waals surface area contributed by atoms with Crippen LogP contribution >= 0.6 is 11.6 Å². The van der Waals surface area contributed by atoms with Crippen molar-refractivity contribution in [3.63, 3.8) is 0 Å². The van der Waals surface area contributed by atoms with Gasteiger partial charge in [0.15, 0.2) is 0 Å². The molecule has 3 aromatic rings. The van der Waals surface area contributed by atoms with Crippen LogP contribution in [0.2, 0.25) is 5.02 Å². The van der Waals surface area contributed by atoms with E-state index in [0.717, 1.165) is 6.07 Å². The molecule has 39 heavy (non-hydrogen) atoms. The Hall–Kier alpha value is -3.45. The molecule has 206 valence electrons. The predicted molar refractivity (Wildman–Crippen MR) is 136 cm³/mol. The molecule has 0 radical (unpaired) electrons. The van der Waals surface area contributed by atoms with Crippen LogP contribution in [0, 0.1) is 0 Å². The molecule has 0 spiro atoms. The second-order valence-electron chi connectivity index (χ2n) is 8.41. The van der Waals surface area contributed by atoms with E-state index in [4.69, 9.17) is 21.1 Å². The third-order valence-electron chi connectivity index (χ3n) is 5.81. The van der Waals surface area contributed by atoms with Crippen LogP contribution < -0.4 is 5.32 Å². The molecule has 1 aliphatic rings. The molecule has 1 saturated heterocycles. The van der Waals surface area contributed by atoms with Gasteiger partial charge >= 0.3 is 12.1 Å². The lowest BCUT2D eigenvalue weighted by Crippen LogP contribution is -2.40. The molecule has 8 nitrogen and oxygen atoms in total. The van der Waals surface area contributed by atoms with E-state index < -0.39 is 45.4 Å². The fourth-order valence-electron chi connectivity index (χ4n) is 3.83.